The summed E-state index contributed by atoms with van der Waals surface area (Å²) in [5, 5.41) is 3.01. The summed E-state index contributed by atoms with van der Waals surface area (Å²) in [5.74, 6) is -0.154. The Kier molecular flexibility index (Phi) is 7.54. The molecule has 1 spiro atoms. The van der Waals surface area contributed by atoms with Crippen LogP contribution in [0.15, 0.2) is 84.9 Å². The minimum Gasteiger partial charge on any atom is -0.340 e. The molecule has 4 amide bonds. The van der Waals surface area contributed by atoms with Crippen LogP contribution in [-0.4, -0.2) is 71.4 Å². The van der Waals surface area contributed by atoms with E-state index < -0.39 is 5.54 Å². The Bertz CT molecular complexity index is 1320. The van der Waals surface area contributed by atoms with Gasteiger partial charge < -0.3 is 24.9 Å². The van der Waals surface area contributed by atoms with Crippen molar-refractivity contribution in [3.05, 3.63) is 96.1 Å². The molecule has 2 aliphatic rings. The van der Waals surface area contributed by atoms with Crippen LogP contribution in [0.25, 0.3) is 0 Å². The van der Waals surface area contributed by atoms with E-state index in [4.69, 9.17) is 0 Å². The van der Waals surface area contributed by atoms with Crippen LogP contribution in [0.3, 0.4) is 0 Å². The summed E-state index contributed by atoms with van der Waals surface area (Å²) in [7, 11) is 1.77. The molecule has 0 aromatic heterocycles. The van der Waals surface area contributed by atoms with Gasteiger partial charge in [0.05, 0.1) is 6.67 Å². The van der Waals surface area contributed by atoms with Crippen molar-refractivity contribution >= 4 is 29.2 Å². The monoisotopic (exact) mass is 525 g/mol. The van der Waals surface area contributed by atoms with Gasteiger partial charge in [-0.05, 0) is 49.1 Å². The first-order valence-corrected chi connectivity index (χ1v) is 13.4. The first-order chi connectivity index (χ1) is 18.9. The average Bonchev–Trinajstić information content (AvgIpc) is 3.21. The molecule has 2 aliphatic heterocycles. The summed E-state index contributed by atoms with van der Waals surface area (Å²) in [5.41, 5.74) is 2.98. The molecule has 39 heavy (non-hydrogen) atoms. The number of aryl methyl sites for hydroxylation is 1. The van der Waals surface area contributed by atoms with Gasteiger partial charge in [0, 0.05) is 38.1 Å². The molecule has 3 aromatic rings. The first-order valence-electron chi connectivity index (χ1n) is 13.4. The van der Waals surface area contributed by atoms with Gasteiger partial charge in [0.15, 0.2) is 0 Å². The molecular weight excluding hydrogens is 490 g/mol. The van der Waals surface area contributed by atoms with Crippen LogP contribution < -0.4 is 10.2 Å². The largest absolute Gasteiger partial charge is 0.340 e. The summed E-state index contributed by atoms with van der Waals surface area (Å²) >= 11 is 0. The average molecular weight is 526 g/mol. The molecule has 0 bridgehead atoms. The van der Waals surface area contributed by atoms with Crippen molar-refractivity contribution in [1.29, 1.82) is 0 Å². The third kappa shape index (κ3) is 5.46. The molecule has 8 heteroatoms. The number of benzene rings is 3. The highest BCUT2D eigenvalue weighted by Gasteiger charge is 2.54. The minimum atomic E-state index is -0.793. The van der Waals surface area contributed by atoms with Crippen molar-refractivity contribution in [2.45, 2.75) is 31.8 Å². The van der Waals surface area contributed by atoms with Crippen LogP contribution in [0.4, 0.5) is 16.2 Å². The lowest BCUT2D eigenvalue weighted by atomic mass is 9.85. The van der Waals surface area contributed by atoms with Gasteiger partial charge in [-0.1, -0.05) is 66.7 Å². The number of amides is 4. The van der Waals surface area contributed by atoms with Crippen molar-refractivity contribution < 1.29 is 14.4 Å². The number of hydrogen-bond donors (Lipinski definition) is 1. The lowest BCUT2D eigenvalue weighted by Crippen LogP contribution is -2.58. The molecule has 202 valence electrons. The number of para-hydroxylation sites is 2. The zero-order valence-electron chi connectivity index (χ0n) is 22.5. The molecular formula is C31H35N5O3. The van der Waals surface area contributed by atoms with Gasteiger partial charge in [-0.2, -0.15) is 0 Å². The fourth-order valence-electron chi connectivity index (χ4n) is 5.54. The zero-order valence-corrected chi connectivity index (χ0v) is 22.5. The highest BCUT2D eigenvalue weighted by atomic mass is 16.2. The Hall–Kier alpha value is -4.33. The number of likely N-dealkylation sites (tertiary alicyclic amines) is 1. The van der Waals surface area contributed by atoms with Crippen LogP contribution in [0, 0.1) is 6.92 Å². The van der Waals surface area contributed by atoms with Crippen LogP contribution in [0.1, 0.15) is 24.0 Å². The van der Waals surface area contributed by atoms with Crippen LogP contribution in [0.5, 0.6) is 0 Å². The maximum absolute atomic E-state index is 14.0. The summed E-state index contributed by atoms with van der Waals surface area (Å²) in [6.45, 7) is 3.70. The van der Waals surface area contributed by atoms with Gasteiger partial charge in [-0.25, -0.2) is 4.79 Å². The third-order valence-electron chi connectivity index (χ3n) is 7.86. The van der Waals surface area contributed by atoms with Gasteiger partial charge in [0.25, 0.3) is 5.91 Å². The summed E-state index contributed by atoms with van der Waals surface area (Å²) in [6.07, 6.45) is 0.985. The van der Waals surface area contributed by atoms with Gasteiger partial charge >= 0.3 is 6.03 Å². The smallest absolute Gasteiger partial charge is 0.321 e. The van der Waals surface area contributed by atoms with Crippen LogP contribution in [0.2, 0.25) is 0 Å². The van der Waals surface area contributed by atoms with E-state index in [1.54, 1.807) is 21.7 Å². The van der Waals surface area contributed by atoms with E-state index in [1.165, 1.54) is 0 Å². The lowest BCUT2D eigenvalue weighted by Gasteiger charge is -2.43. The van der Waals surface area contributed by atoms with Gasteiger partial charge in [0.2, 0.25) is 5.91 Å². The minimum absolute atomic E-state index is 0.0186. The zero-order chi connectivity index (χ0) is 27.4. The third-order valence-corrected chi connectivity index (χ3v) is 7.86. The van der Waals surface area contributed by atoms with E-state index in [1.807, 2.05) is 91.9 Å². The molecule has 2 heterocycles. The molecule has 0 saturated carbocycles. The van der Waals surface area contributed by atoms with Crippen LogP contribution >= 0.6 is 0 Å². The van der Waals surface area contributed by atoms with E-state index in [2.05, 4.69) is 10.2 Å². The first kappa shape index (κ1) is 26.3. The number of carbonyl (C=O) groups excluding carboxylic acids is 3. The number of nitrogens with zero attached hydrogens (tertiary/aromatic N) is 4. The predicted molar refractivity (Wildman–Crippen MR) is 152 cm³/mol. The molecule has 1 N–H and O–H groups in total. The second-order valence-corrected chi connectivity index (χ2v) is 10.4. The number of likely N-dealkylation sites (N-methyl/N-ethyl adjacent to an activating group) is 1. The topological polar surface area (TPSA) is 76.2 Å². The van der Waals surface area contributed by atoms with Crippen molar-refractivity contribution in [2.24, 2.45) is 0 Å². The molecule has 0 aliphatic carbocycles. The fourth-order valence-corrected chi connectivity index (χ4v) is 5.54. The van der Waals surface area contributed by atoms with Crippen LogP contribution in [-0.2, 0) is 16.1 Å². The molecule has 2 saturated heterocycles. The second-order valence-electron chi connectivity index (χ2n) is 10.4. The Morgan fingerprint density at radius 1 is 0.897 bits per heavy atom. The van der Waals surface area contributed by atoms with E-state index >= 15 is 0 Å². The quantitative estimate of drug-likeness (QED) is 0.520. The maximum atomic E-state index is 14.0. The van der Waals surface area contributed by atoms with Crippen molar-refractivity contribution in [2.75, 3.05) is 43.6 Å². The maximum Gasteiger partial charge on any atom is 0.321 e. The van der Waals surface area contributed by atoms with Crippen molar-refractivity contribution in [3.63, 3.8) is 0 Å². The van der Waals surface area contributed by atoms with Gasteiger partial charge in [0.1, 0.15) is 12.1 Å². The van der Waals surface area contributed by atoms with Gasteiger partial charge in [-0.3, -0.25) is 9.59 Å². The Labute approximate surface area is 229 Å². The summed E-state index contributed by atoms with van der Waals surface area (Å²) in [6, 6.07) is 27.2. The number of carbonyl (C=O) groups is 3. The van der Waals surface area contributed by atoms with E-state index in [0.717, 1.165) is 22.5 Å². The molecule has 5 rings (SSSR count). The molecule has 2 fully saturated rings. The highest BCUT2D eigenvalue weighted by molar-refractivity contribution is 5.97. The SMILES string of the molecule is Cc1ccccc1NC(=O)N1CCC2(CC1)C(=O)N(CC(=O)N(C)Cc1ccccc1)CN2c1ccccc1. The molecule has 0 unspecified atom stereocenters. The standard InChI is InChI=1S/C31H35N5O3/c1-24-11-9-10-16-27(24)32-30(39)34-19-17-31(18-20-34)29(38)35(23-36(31)26-14-7-4-8-15-26)22-28(37)33(2)21-25-12-5-3-6-13-25/h3-16H,17-23H2,1-2H3,(H,32,39). The number of rotatable bonds is 6. The van der Waals surface area contributed by atoms with E-state index in [-0.39, 0.29) is 24.4 Å². The van der Waals surface area contributed by atoms with E-state index in [9.17, 15) is 14.4 Å². The Balaban J connectivity index is 1.30. The van der Waals surface area contributed by atoms with E-state index in [0.29, 0.717) is 39.1 Å². The normalized spacial score (nSPS) is 16.5. The number of urea groups is 1. The van der Waals surface area contributed by atoms with Crippen molar-refractivity contribution in [3.8, 4) is 0 Å². The Morgan fingerprint density at radius 3 is 2.18 bits per heavy atom. The lowest BCUT2D eigenvalue weighted by molar-refractivity contribution is -0.140. The molecule has 8 nitrogen and oxygen atoms in total. The van der Waals surface area contributed by atoms with Crippen molar-refractivity contribution in [1.82, 2.24) is 14.7 Å². The fraction of sp³-hybridized carbons (Fsp3) is 0.323. The summed E-state index contributed by atoms with van der Waals surface area (Å²) < 4.78 is 0. The predicted octanol–water partition coefficient (Wildman–Crippen LogP) is 4.33. The highest BCUT2D eigenvalue weighted by Crippen LogP contribution is 2.39. The molecule has 0 radical (unpaired) electrons. The second kappa shape index (κ2) is 11.2. The molecule has 0 atom stereocenters. The molecule has 3 aromatic carbocycles. The number of hydrogen-bond acceptors (Lipinski definition) is 4. The Morgan fingerprint density at radius 2 is 1.51 bits per heavy atom. The number of piperidine rings is 1. The summed E-state index contributed by atoms with van der Waals surface area (Å²) in [4.78, 5) is 47.4. The van der Waals surface area contributed by atoms with Gasteiger partial charge in [-0.15, -0.1) is 0 Å². The number of anilines is 2. The number of nitrogens with one attached hydrogen (secondary N) is 1.